The van der Waals surface area contributed by atoms with E-state index in [1.807, 2.05) is 0 Å². The molecule has 0 saturated carbocycles. The summed E-state index contributed by atoms with van der Waals surface area (Å²) in [5.74, 6) is 0. The minimum absolute atomic E-state index is 0. The quantitative estimate of drug-likeness (QED) is 0.886. The molecule has 0 radical (unpaired) electrons. The molecular weight excluding hydrogens is 267 g/mol. The van der Waals surface area contributed by atoms with Gasteiger partial charge in [-0.1, -0.05) is 19.1 Å². The third-order valence-electron chi connectivity index (χ3n) is 3.11. The SMILES string of the molecule is CCC(C)(C)NCc1ccc(N(C)C)cc1.Cl.Cl. The Morgan fingerprint density at radius 3 is 1.94 bits per heavy atom. The number of halogens is 2. The number of anilines is 1. The number of nitrogens with one attached hydrogen (secondary N) is 1. The molecule has 0 atom stereocenters. The number of hydrogen-bond donors (Lipinski definition) is 1. The van der Waals surface area contributed by atoms with Crippen LogP contribution in [-0.2, 0) is 6.54 Å². The van der Waals surface area contributed by atoms with Gasteiger partial charge < -0.3 is 10.2 Å². The van der Waals surface area contributed by atoms with E-state index in [1.54, 1.807) is 0 Å². The van der Waals surface area contributed by atoms with E-state index in [4.69, 9.17) is 0 Å². The van der Waals surface area contributed by atoms with Crippen molar-refractivity contribution in [3.8, 4) is 0 Å². The molecule has 0 unspecified atom stereocenters. The predicted molar refractivity (Wildman–Crippen MR) is 86.5 cm³/mol. The van der Waals surface area contributed by atoms with Gasteiger partial charge in [0.25, 0.3) is 0 Å². The van der Waals surface area contributed by atoms with Crippen LogP contribution in [0.1, 0.15) is 32.8 Å². The van der Waals surface area contributed by atoms with E-state index in [9.17, 15) is 0 Å². The van der Waals surface area contributed by atoms with E-state index in [1.165, 1.54) is 11.3 Å². The maximum Gasteiger partial charge on any atom is 0.0361 e. The minimum Gasteiger partial charge on any atom is -0.378 e. The van der Waals surface area contributed by atoms with Gasteiger partial charge in [0.15, 0.2) is 0 Å². The minimum atomic E-state index is 0. The highest BCUT2D eigenvalue weighted by atomic mass is 35.5. The second kappa shape index (κ2) is 8.63. The zero-order chi connectivity index (χ0) is 12.2. The van der Waals surface area contributed by atoms with Crippen molar-refractivity contribution < 1.29 is 0 Å². The van der Waals surface area contributed by atoms with Crippen LogP contribution in [0.4, 0.5) is 5.69 Å². The summed E-state index contributed by atoms with van der Waals surface area (Å²) in [6, 6.07) is 8.70. The fraction of sp³-hybridized carbons (Fsp3) is 0.571. The number of hydrogen-bond acceptors (Lipinski definition) is 2. The summed E-state index contributed by atoms with van der Waals surface area (Å²) in [5, 5.41) is 3.56. The summed E-state index contributed by atoms with van der Waals surface area (Å²) in [7, 11) is 4.13. The second-order valence-corrected chi connectivity index (χ2v) is 5.15. The molecule has 0 saturated heterocycles. The summed E-state index contributed by atoms with van der Waals surface area (Å²) < 4.78 is 0. The lowest BCUT2D eigenvalue weighted by atomic mass is 10.0. The lowest BCUT2D eigenvalue weighted by Crippen LogP contribution is -2.37. The van der Waals surface area contributed by atoms with Gasteiger partial charge in [-0.05, 0) is 38.0 Å². The van der Waals surface area contributed by atoms with Crippen LogP contribution in [0, 0.1) is 0 Å². The normalized spacial score (nSPS) is 10.3. The first-order valence-corrected chi connectivity index (χ1v) is 5.96. The van der Waals surface area contributed by atoms with E-state index in [0.29, 0.717) is 0 Å². The first-order valence-electron chi connectivity index (χ1n) is 5.96. The molecular formula is C14H26Cl2N2. The van der Waals surface area contributed by atoms with Gasteiger partial charge in [-0.25, -0.2) is 0 Å². The molecule has 0 aliphatic rings. The highest BCUT2D eigenvalue weighted by molar-refractivity contribution is 5.85. The van der Waals surface area contributed by atoms with Crippen LogP contribution in [0.5, 0.6) is 0 Å². The zero-order valence-corrected chi connectivity index (χ0v) is 13.6. The highest BCUT2D eigenvalue weighted by Gasteiger charge is 2.12. The Morgan fingerprint density at radius 2 is 1.56 bits per heavy atom. The summed E-state index contributed by atoms with van der Waals surface area (Å²) in [6.07, 6.45) is 1.14. The molecule has 0 bridgehead atoms. The fourth-order valence-corrected chi connectivity index (χ4v) is 1.38. The molecule has 0 amide bonds. The third kappa shape index (κ3) is 6.48. The van der Waals surface area contributed by atoms with Crippen LogP contribution >= 0.6 is 24.8 Å². The summed E-state index contributed by atoms with van der Waals surface area (Å²) in [6.45, 7) is 7.62. The zero-order valence-electron chi connectivity index (χ0n) is 12.0. The highest BCUT2D eigenvalue weighted by Crippen LogP contribution is 2.13. The Morgan fingerprint density at radius 1 is 1.06 bits per heavy atom. The molecule has 0 fully saturated rings. The maximum atomic E-state index is 3.56. The first kappa shape index (κ1) is 19.9. The Bertz CT molecular complexity index is 321. The molecule has 1 aromatic carbocycles. The summed E-state index contributed by atoms with van der Waals surface area (Å²) in [5.41, 5.74) is 2.81. The molecule has 0 spiro atoms. The van der Waals surface area contributed by atoms with E-state index in [-0.39, 0.29) is 30.4 Å². The van der Waals surface area contributed by atoms with Crippen molar-refractivity contribution in [1.29, 1.82) is 0 Å². The summed E-state index contributed by atoms with van der Waals surface area (Å²) in [4.78, 5) is 2.12. The Hall–Kier alpha value is -0.440. The van der Waals surface area contributed by atoms with Gasteiger partial charge >= 0.3 is 0 Å². The van der Waals surface area contributed by atoms with Crippen LogP contribution in [0.15, 0.2) is 24.3 Å². The predicted octanol–water partition coefficient (Wildman–Crippen LogP) is 3.87. The van der Waals surface area contributed by atoms with Crippen molar-refractivity contribution in [2.45, 2.75) is 39.3 Å². The van der Waals surface area contributed by atoms with Crippen LogP contribution in [0.3, 0.4) is 0 Å². The van der Waals surface area contributed by atoms with E-state index in [0.717, 1.165) is 13.0 Å². The van der Waals surface area contributed by atoms with Crippen LogP contribution in [0.2, 0.25) is 0 Å². The molecule has 1 rings (SSSR count). The lowest BCUT2D eigenvalue weighted by Gasteiger charge is -2.24. The number of nitrogens with zero attached hydrogens (tertiary/aromatic N) is 1. The van der Waals surface area contributed by atoms with Gasteiger partial charge in [0.1, 0.15) is 0 Å². The average molecular weight is 293 g/mol. The molecule has 1 N–H and O–H groups in total. The van der Waals surface area contributed by atoms with Crippen molar-refractivity contribution in [1.82, 2.24) is 5.32 Å². The maximum absolute atomic E-state index is 3.56. The van der Waals surface area contributed by atoms with Crippen molar-refractivity contribution in [2.24, 2.45) is 0 Å². The van der Waals surface area contributed by atoms with Gasteiger partial charge in [-0.2, -0.15) is 0 Å². The second-order valence-electron chi connectivity index (χ2n) is 5.15. The molecule has 0 aliphatic heterocycles. The number of rotatable bonds is 5. The van der Waals surface area contributed by atoms with E-state index < -0.39 is 0 Å². The first-order chi connectivity index (χ1) is 7.44. The Balaban J connectivity index is 0. The summed E-state index contributed by atoms with van der Waals surface area (Å²) >= 11 is 0. The molecule has 0 aromatic heterocycles. The Kier molecular flexibility index (Phi) is 9.53. The molecule has 0 heterocycles. The van der Waals surface area contributed by atoms with Crippen LogP contribution in [-0.4, -0.2) is 19.6 Å². The molecule has 18 heavy (non-hydrogen) atoms. The largest absolute Gasteiger partial charge is 0.378 e. The molecule has 0 aliphatic carbocycles. The van der Waals surface area contributed by atoms with Gasteiger partial charge in [-0.3, -0.25) is 0 Å². The molecule has 2 nitrogen and oxygen atoms in total. The van der Waals surface area contributed by atoms with E-state index in [2.05, 4.69) is 69.3 Å². The topological polar surface area (TPSA) is 15.3 Å². The molecule has 4 heteroatoms. The molecule has 1 aromatic rings. The van der Waals surface area contributed by atoms with Gasteiger partial charge in [0.05, 0.1) is 0 Å². The van der Waals surface area contributed by atoms with Crippen molar-refractivity contribution >= 4 is 30.5 Å². The smallest absolute Gasteiger partial charge is 0.0361 e. The van der Waals surface area contributed by atoms with Gasteiger partial charge in [0.2, 0.25) is 0 Å². The fourth-order valence-electron chi connectivity index (χ4n) is 1.38. The molecule has 106 valence electrons. The van der Waals surface area contributed by atoms with Crippen molar-refractivity contribution in [2.75, 3.05) is 19.0 Å². The van der Waals surface area contributed by atoms with Crippen LogP contribution < -0.4 is 10.2 Å². The van der Waals surface area contributed by atoms with Crippen LogP contribution in [0.25, 0.3) is 0 Å². The standard InChI is InChI=1S/C14H24N2.2ClH/c1-6-14(2,3)15-11-12-7-9-13(10-8-12)16(4)5;;/h7-10,15H,6,11H2,1-5H3;2*1H. The Labute approximate surface area is 124 Å². The third-order valence-corrected chi connectivity index (χ3v) is 3.11. The van der Waals surface area contributed by atoms with E-state index >= 15 is 0 Å². The van der Waals surface area contributed by atoms with Gasteiger partial charge in [-0.15, -0.1) is 24.8 Å². The van der Waals surface area contributed by atoms with Crippen molar-refractivity contribution in [3.63, 3.8) is 0 Å². The van der Waals surface area contributed by atoms with Gasteiger partial charge in [0, 0.05) is 31.9 Å². The lowest BCUT2D eigenvalue weighted by molar-refractivity contribution is 0.374. The number of benzene rings is 1. The van der Waals surface area contributed by atoms with Crippen molar-refractivity contribution in [3.05, 3.63) is 29.8 Å². The monoisotopic (exact) mass is 292 g/mol. The average Bonchev–Trinajstić information content (AvgIpc) is 2.27.